The maximum absolute atomic E-state index is 14.1. The summed E-state index contributed by atoms with van der Waals surface area (Å²) < 4.78 is 42.3. The van der Waals surface area contributed by atoms with E-state index in [1.807, 2.05) is 38.1 Å². The average molecular weight is 566 g/mol. The van der Waals surface area contributed by atoms with Crippen molar-refractivity contribution in [2.45, 2.75) is 69.5 Å². The van der Waals surface area contributed by atoms with Gasteiger partial charge >= 0.3 is 0 Å². The Labute approximate surface area is 236 Å². The number of amides is 2. The van der Waals surface area contributed by atoms with E-state index in [4.69, 9.17) is 0 Å². The van der Waals surface area contributed by atoms with E-state index in [0.29, 0.717) is 6.42 Å². The molecule has 0 bridgehead atoms. The first kappa shape index (κ1) is 29.3. The second-order valence-electron chi connectivity index (χ2n) is 10.2. The SMILES string of the molecule is CCC(C(=O)NC1CCCC1)N(Cc1cccc(C)c1)C(=O)CN(c1ccc(F)cc1)S(=O)(=O)c1ccccc1. The van der Waals surface area contributed by atoms with Gasteiger partial charge in [-0.05, 0) is 68.1 Å². The number of anilines is 1. The molecule has 1 fully saturated rings. The van der Waals surface area contributed by atoms with Crippen molar-refractivity contribution in [3.8, 4) is 0 Å². The zero-order valence-corrected chi connectivity index (χ0v) is 23.7. The normalized spacial score (nSPS) is 14.5. The lowest BCUT2D eigenvalue weighted by molar-refractivity contribution is -0.140. The van der Waals surface area contributed by atoms with Crippen LogP contribution in [0.5, 0.6) is 0 Å². The summed E-state index contributed by atoms with van der Waals surface area (Å²) >= 11 is 0. The highest BCUT2D eigenvalue weighted by Crippen LogP contribution is 2.25. The van der Waals surface area contributed by atoms with Crippen molar-refractivity contribution >= 4 is 27.5 Å². The van der Waals surface area contributed by atoms with Crippen LogP contribution in [0.2, 0.25) is 0 Å². The Balaban J connectivity index is 1.70. The van der Waals surface area contributed by atoms with Gasteiger partial charge in [-0.15, -0.1) is 0 Å². The van der Waals surface area contributed by atoms with E-state index >= 15 is 0 Å². The van der Waals surface area contributed by atoms with Crippen molar-refractivity contribution in [2.24, 2.45) is 0 Å². The lowest BCUT2D eigenvalue weighted by Crippen LogP contribution is -2.53. The average Bonchev–Trinajstić information content (AvgIpc) is 3.45. The topological polar surface area (TPSA) is 86.8 Å². The molecule has 7 nitrogen and oxygen atoms in total. The standard InChI is InChI=1S/C31H36FN3O4S/c1-3-29(31(37)33-26-12-7-8-13-26)34(21-24-11-9-10-23(2)20-24)30(36)22-35(27-18-16-25(32)17-19-27)40(38,39)28-14-5-4-6-15-28/h4-6,9-11,14-20,26,29H,3,7-8,12-13,21-22H2,1-2H3,(H,33,37). The van der Waals surface area contributed by atoms with Crippen molar-refractivity contribution in [2.75, 3.05) is 10.8 Å². The molecule has 0 aliphatic heterocycles. The number of hydrogen-bond acceptors (Lipinski definition) is 4. The summed E-state index contributed by atoms with van der Waals surface area (Å²) in [6.07, 6.45) is 4.27. The number of benzene rings is 3. The van der Waals surface area contributed by atoms with E-state index in [9.17, 15) is 22.4 Å². The maximum atomic E-state index is 14.1. The monoisotopic (exact) mass is 565 g/mol. The van der Waals surface area contributed by atoms with Crippen LogP contribution in [0.3, 0.4) is 0 Å². The van der Waals surface area contributed by atoms with Crippen LogP contribution in [-0.2, 0) is 26.2 Å². The number of aryl methyl sites for hydroxylation is 1. The van der Waals surface area contributed by atoms with Gasteiger partial charge in [0, 0.05) is 12.6 Å². The molecule has 2 amide bonds. The largest absolute Gasteiger partial charge is 0.352 e. The number of sulfonamides is 1. The minimum absolute atomic E-state index is 0.00313. The molecule has 0 aromatic heterocycles. The number of nitrogens with one attached hydrogen (secondary N) is 1. The lowest BCUT2D eigenvalue weighted by atomic mass is 10.1. The molecular formula is C31H36FN3O4S. The van der Waals surface area contributed by atoms with Crippen LogP contribution in [0.15, 0.2) is 83.8 Å². The second-order valence-corrected chi connectivity index (χ2v) is 12.1. The van der Waals surface area contributed by atoms with Crippen molar-refractivity contribution in [1.29, 1.82) is 0 Å². The Hall–Kier alpha value is -3.72. The quantitative estimate of drug-likeness (QED) is 0.347. The van der Waals surface area contributed by atoms with E-state index in [0.717, 1.165) is 53.2 Å². The summed E-state index contributed by atoms with van der Waals surface area (Å²) in [5.41, 5.74) is 1.99. The molecule has 1 saturated carbocycles. The molecule has 0 saturated heterocycles. The molecule has 1 aliphatic carbocycles. The fraction of sp³-hybridized carbons (Fsp3) is 0.355. The van der Waals surface area contributed by atoms with Gasteiger partial charge in [-0.2, -0.15) is 0 Å². The van der Waals surface area contributed by atoms with Gasteiger partial charge in [-0.3, -0.25) is 13.9 Å². The molecule has 1 aliphatic rings. The van der Waals surface area contributed by atoms with Gasteiger partial charge in [0.15, 0.2) is 0 Å². The van der Waals surface area contributed by atoms with Crippen LogP contribution >= 0.6 is 0 Å². The van der Waals surface area contributed by atoms with Crippen molar-refractivity contribution in [3.05, 3.63) is 95.8 Å². The van der Waals surface area contributed by atoms with Crippen LogP contribution < -0.4 is 9.62 Å². The number of hydrogen-bond donors (Lipinski definition) is 1. The Morgan fingerprint density at radius 1 is 0.975 bits per heavy atom. The zero-order valence-electron chi connectivity index (χ0n) is 22.9. The summed E-state index contributed by atoms with van der Waals surface area (Å²) in [6.45, 7) is 3.37. The van der Waals surface area contributed by atoms with E-state index < -0.39 is 34.3 Å². The minimum Gasteiger partial charge on any atom is -0.352 e. The van der Waals surface area contributed by atoms with Gasteiger partial charge in [-0.1, -0.05) is 67.8 Å². The summed E-state index contributed by atoms with van der Waals surface area (Å²) in [5, 5.41) is 3.10. The maximum Gasteiger partial charge on any atom is 0.264 e. The molecule has 0 heterocycles. The number of nitrogens with zero attached hydrogens (tertiary/aromatic N) is 2. The highest BCUT2D eigenvalue weighted by molar-refractivity contribution is 7.92. The Bertz CT molecular complexity index is 1410. The second kappa shape index (κ2) is 13.1. The number of carbonyl (C=O) groups excluding carboxylic acids is 2. The molecular weight excluding hydrogens is 529 g/mol. The third-order valence-corrected chi connectivity index (χ3v) is 9.04. The fourth-order valence-corrected chi connectivity index (χ4v) is 6.59. The van der Waals surface area contributed by atoms with Crippen LogP contribution in [0, 0.1) is 12.7 Å². The molecule has 4 rings (SSSR count). The predicted octanol–water partition coefficient (Wildman–Crippen LogP) is 5.20. The first-order valence-electron chi connectivity index (χ1n) is 13.7. The highest BCUT2D eigenvalue weighted by atomic mass is 32.2. The summed E-state index contributed by atoms with van der Waals surface area (Å²) in [6, 6.07) is 19.7. The van der Waals surface area contributed by atoms with Gasteiger partial charge < -0.3 is 10.2 Å². The van der Waals surface area contributed by atoms with Gasteiger partial charge in [0.25, 0.3) is 10.0 Å². The smallest absolute Gasteiger partial charge is 0.264 e. The minimum atomic E-state index is -4.18. The van der Waals surface area contributed by atoms with Gasteiger partial charge in [0.2, 0.25) is 11.8 Å². The first-order chi connectivity index (χ1) is 19.2. The molecule has 9 heteroatoms. The van der Waals surface area contributed by atoms with Gasteiger partial charge in [0.1, 0.15) is 18.4 Å². The van der Waals surface area contributed by atoms with Crippen molar-refractivity contribution in [1.82, 2.24) is 10.2 Å². The van der Waals surface area contributed by atoms with E-state index in [2.05, 4.69) is 5.32 Å². The van der Waals surface area contributed by atoms with Crippen LogP contribution in [0.25, 0.3) is 0 Å². The summed E-state index contributed by atoms with van der Waals surface area (Å²) in [4.78, 5) is 29.0. The number of rotatable bonds is 11. The number of carbonyl (C=O) groups is 2. The van der Waals surface area contributed by atoms with Crippen LogP contribution in [-0.4, -0.2) is 43.8 Å². The Morgan fingerprint density at radius 3 is 2.27 bits per heavy atom. The Kier molecular flexibility index (Phi) is 9.58. The van der Waals surface area contributed by atoms with Crippen molar-refractivity contribution in [3.63, 3.8) is 0 Å². The molecule has 40 heavy (non-hydrogen) atoms. The number of halogens is 1. The third kappa shape index (κ3) is 7.07. The third-order valence-electron chi connectivity index (χ3n) is 7.25. The Morgan fingerprint density at radius 2 is 1.65 bits per heavy atom. The molecule has 3 aromatic rings. The molecule has 0 radical (unpaired) electrons. The molecule has 0 spiro atoms. The lowest BCUT2D eigenvalue weighted by Gasteiger charge is -2.33. The molecule has 1 N–H and O–H groups in total. The fourth-order valence-electron chi connectivity index (χ4n) is 5.15. The summed E-state index contributed by atoms with van der Waals surface area (Å²) in [5.74, 6) is -1.30. The highest BCUT2D eigenvalue weighted by Gasteiger charge is 2.34. The summed E-state index contributed by atoms with van der Waals surface area (Å²) in [7, 11) is -4.18. The van der Waals surface area contributed by atoms with Gasteiger partial charge in [-0.25, -0.2) is 12.8 Å². The molecule has 1 atom stereocenters. The zero-order chi connectivity index (χ0) is 28.7. The van der Waals surface area contributed by atoms with Crippen molar-refractivity contribution < 1.29 is 22.4 Å². The van der Waals surface area contributed by atoms with Gasteiger partial charge in [0.05, 0.1) is 10.6 Å². The van der Waals surface area contributed by atoms with Crippen LogP contribution in [0.1, 0.15) is 50.2 Å². The predicted molar refractivity (Wildman–Crippen MR) is 154 cm³/mol. The van der Waals surface area contributed by atoms with E-state index in [1.165, 1.54) is 29.2 Å². The molecule has 212 valence electrons. The first-order valence-corrected chi connectivity index (χ1v) is 15.1. The van der Waals surface area contributed by atoms with Crippen LogP contribution in [0.4, 0.5) is 10.1 Å². The molecule has 3 aromatic carbocycles. The van der Waals surface area contributed by atoms with E-state index in [-0.39, 0.29) is 29.1 Å². The van der Waals surface area contributed by atoms with E-state index in [1.54, 1.807) is 18.2 Å². The molecule has 1 unspecified atom stereocenters.